The number of carbonyl (C=O) groups is 2. The van der Waals surface area contributed by atoms with Gasteiger partial charge in [0, 0.05) is 31.1 Å². The summed E-state index contributed by atoms with van der Waals surface area (Å²) in [5.74, 6) is -2.20. The van der Waals surface area contributed by atoms with Gasteiger partial charge in [-0.2, -0.15) is 8.78 Å². The number of ether oxygens (including phenoxy) is 2. The molecular weight excluding hydrogens is 478 g/mol. The van der Waals surface area contributed by atoms with Crippen LogP contribution >= 0.6 is 0 Å². The Balaban J connectivity index is 1.94. The number of nitrogens with zero attached hydrogens (tertiary/aromatic N) is 5. The van der Waals surface area contributed by atoms with E-state index < -0.39 is 30.8 Å². The van der Waals surface area contributed by atoms with Crippen molar-refractivity contribution in [1.29, 1.82) is 0 Å². The number of aromatic hydroxyl groups is 1. The molecule has 190 valence electrons. The van der Waals surface area contributed by atoms with Crippen LogP contribution in [0.15, 0.2) is 36.9 Å². The molecule has 0 aliphatic carbocycles. The molecule has 13 heteroatoms. The van der Waals surface area contributed by atoms with Crippen molar-refractivity contribution < 1.29 is 33.0 Å². The van der Waals surface area contributed by atoms with Crippen LogP contribution in [-0.4, -0.2) is 69.1 Å². The van der Waals surface area contributed by atoms with E-state index in [1.54, 1.807) is 21.0 Å². The summed E-state index contributed by atoms with van der Waals surface area (Å²) in [7, 11) is 3.12. The Hall–Kier alpha value is -4.26. The number of amides is 2. The van der Waals surface area contributed by atoms with Gasteiger partial charge in [-0.15, -0.1) is 0 Å². The summed E-state index contributed by atoms with van der Waals surface area (Å²) >= 11 is 0. The van der Waals surface area contributed by atoms with Crippen LogP contribution in [0.2, 0.25) is 0 Å². The molecule has 0 bridgehead atoms. The van der Waals surface area contributed by atoms with Gasteiger partial charge in [0.05, 0.1) is 37.1 Å². The molecule has 0 saturated carbocycles. The summed E-state index contributed by atoms with van der Waals surface area (Å²) in [4.78, 5) is 42.4. The van der Waals surface area contributed by atoms with E-state index in [-0.39, 0.29) is 40.2 Å². The minimum Gasteiger partial charge on any atom is -0.504 e. The minimum atomic E-state index is -3.00. The number of rotatable bonds is 9. The van der Waals surface area contributed by atoms with E-state index >= 15 is 0 Å². The Morgan fingerprint density at radius 1 is 1.08 bits per heavy atom. The first-order valence-electron chi connectivity index (χ1n) is 10.6. The molecule has 0 fully saturated rings. The monoisotopic (exact) mass is 502 g/mol. The first-order chi connectivity index (χ1) is 17.0. The number of aryl methyl sites for hydroxylation is 1. The van der Waals surface area contributed by atoms with Gasteiger partial charge < -0.3 is 24.8 Å². The summed E-state index contributed by atoms with van der Waals surface area (Å²) in [6.07, 6.45) is 5.21. The van der Waals surface area contributed by atoms with Crippen molar-refractivity contribution in [3.63, 3.8) is 0 Å². The molecule has 2 N–H and O–H groups in total. The average molecular weight is 502 g/mol. The Bertz CT molecular complexity index is 1220. The lowest BCUT2D eigenvalue weighted by Crippen LogP contribution is -2.22. The van der Waals surface area contributed by atoms with Crippen molar-refractivity contribution in [2.24, 2.45) is 0 Å². The Morgan fingerprint density at radius 3 is 2.42 bits per heavy atom. The number of anilines is 1. The Morgan fingerprint density at radius 2 is 1.83 bits per heavy atom. The molecule has 0 saturated heterocycles. The van der Waals surface area contributed by atoms with Crippen molar-refractivity contribution >= 4 is 17.6 Å². The van der Waals surface area contributed by atoms with Gasteiger partial charge in [-0.1, -0.05) is 6.92 Å². The van der Waals surface area contributed by atoms with Gasteiger partial charge in [0.25, 0.3) is 11.8 Å². The molecule has 36 heavy (non-hydrogen) atoms. The zero-order chi connectivity index (χ0) is 26.4. The van der Waals surface area contributed by atoms with Gasteiger partial charge in [-0.3, -0.25) is 14.6 Å². The first kappa shape index (κ1) is 26.3. The smallest absolute Gasteiger partial charge is 0.345 e. The molecule has 1 aromatic carbocycles. The van der Waals surface area contributed by atoms with E-state index in [1.807, 2.05) is 0 Å². The number of carbonyl (C=O) groups excluding carboxylic acids is 2. The molecule has 0 aliphatic heterocycles. The number of phenolic OH excluding ortho intramolecular Hbond substituents is 1. The number of hydrogen-bond donors (Lipinski definition) is 2. The highest BCUT2D eigenvalue weighted by atomic mass is 19.3. The number of benzene rings is 1. The van der Waals surface area contributed by atoms with Crippen LogP contribution in [0, 0.1) is 6.92 Å². The van der Waals surface area contributed by atoms with Crippen molar-refractivity contribution in [3.05, 3.63) is 59.4 Å². The second-order valence-corrected chi connectivity index (χ2v) is 7.95. The minimum absolute atomic E-state index is 0.0384. The quantitative estimate of drug-likeness (QED) is 0.451. The summed E-state index contributed by atoms with van der Waals surface area (Å²) < 4.78 is 35.1. The molecule has 0 radical (unpaired) electrons. The summed E-state index contributed by atoms with van der Waals surface area (Å²) in [5.41, 5.74) is 0.891. The van der Waals surface area contributed by atoms with Crippen LogP contribution in [0.1, 0.15) is 44.9 Å². The van der Waals surface area contributed by atoms with Gasteiger partial charge in [0.1, 0.15) is 5.69 Å². The van der Waals surface area contributed by atoms with E-state index in [2.05, 4.69) is 30.0 Å². The highest BCUT2D eigenvalue weighted by Gasteiger charge is 2.22. The number of phenols is 1. The van der Waals surface area contributed by atoms with E-state index in [9.17, 15) is 23.5 Å². The summed E-state index contributed by atoms with van der Waals surface area (Å²) in [6, 6.07) is 2.58. The molecule has 0 aliphatic rings. The summed E-state index contributed by atoms with van der Waals surface area (Å²) in [6.45, 7) is -0.158. The van der Waals surface area contributed by atoms with E-state index in [1.165, 1.54) is 48.7 Å². The first-order valence-corrected chi connectivity index (χ1v) is 10.6. The highest BCUT2D eigenvalue weighted by Crippen LogP contribution is 2.38. The Labute approximate surface area is 205 Å². The number of hydrogen-bond acceptors (Lipinski definition) is 9. The predicted molar refractivity (Wildman–Crippen MR) is 123 cm³/mol. The number of nitrogens with one attached hydrogen (secondary N) is 1. The largest absolute Gasteiger partial charge is 0.504 e. The fraction of sp³-hybridized carbons (Fsp3) is 0.304. The maximum absolute atomic E-state index is 12.9. The fourth-order valence-electron chi connectivity index (χ4n) is 2.99. The van der Waals surface area contributed by atoms with Gasteiger partial charge in [-0.05, 0) is 19.1 Å². The molecule has 3 rings (SSSR count). The van der Waals surface area contributed by atoms with E-state index in [0.717, 1.165) is 0 Å². The highest BCUT2D eigenvalue weighted by molar-refractivity contribution is 6.04. The third kappa shape index (κ3) is 6.66. The third-order valence-electron chi connectivity index (χ3n) is 4.86. The van der Waals surface area contributed by atoms with Crippen molar-refractivity contribution in [3.8, 4) is 17.4 Å². The molecule has 2 aromatic heterocycles. The molecule has 3 aromatic rings. The van der Waals surface area contributed by atoms with Crippen molar-refractivity contribution in [2.45, 2.75) is 26.4 Å². The van der Waals surface area contributed by atoms with Crippen LogP contribution in [0.5, 0.6) is 17.4 Å². The van der Waals surface area contributed by atoms with Gasteiger partial charge in [-0.25, -0.2) is 15.0 Å². The van der Waals surface area contributed by atoms with Crippen LogP contribution < -0.4 is 10.1 Å². The average Bonchev–Trinajstić information content (AvgIpc) is 2.85. The lowest BCUT2D eigenvalue weighted by Gasteiger charge is -2.18. The zero-order valence-electron chi connectivity index (χ0n) is 19.9. The maximum Gasteiger partial charge on any atom is 0.345 e. The van der Waals surface area contributed by atoms with Gasteiger partial charge in [0.15, 0.2) is 17.3 Å². The molecule has 0 spiro atoms. The van der Waals surface area contributed by atoms with E-state index in [0.29, 0.717) is 5.69 Å². The normalized spacial score (nSPS) is 11.8. The van der Waals surface area contributed by atoms with Crippen LogP contribution in [0.4, 0.5) is 14.6 Å². The maximum atomic E-state index is 12.9. The molecule has 2 heterocycles. The van der Waals surface area contributed by atoms with Crippen molar-refractivity contribution in [1.82, 2.24) is 24.8 Å². The van der Waals surface area contributed by atoms with Crippen LogP contribution in [0.25, 0.3) is 0 Å². The van der Waals surface area contributed by atoms with E-state index in [4.69, 9.17) is 4.74 Å². The van der Waals surface area contributed by atoms with Crippen LogP contribution in [0.3, 0.4) is 0 Å². The lowest BCUT2D eigenvalue weighted by molar-refractivity contribution is -0.131. The second kappa shape index (κ2) is 11.4. The SMILES string of the molecule is Cc1cnc(NC(=O)c2cc(Oc3cnc(C(=O)N(C)C)cn3)c(O)c([C@H](C)COC(F)F)c2)cn1. The molecular formula is C23H24F2N6O5. The van der Waals surface area contributed by atoms with Crippen molar-refractivity contribution in [2.75, 3.05) is 26.0 Å². The molecule has 1 atom stereocenters. The zero-order valence-corrected chi connectivity index (χ0v) is 19.9. The van der Waals surface area contributed by atoms with Crippen LogP contribution in [-0.2, 0) is 4.74 Å². The Kier molecular flexibility index (Phi) is 8.38. The predicted octanol–water partition coefficient (Wildman–Crippen LogP) is 3.37. The second-order valence-electron chi connectivity index (χ2n) is 7.95. The fourth-order valence-corrected chi connectivity index (χ4v) is 2.99. The summed E-state index contributed by atoms with van der Waals surface area (Å²) in [5, 5.41) is 13.4. The molecule has 11 nitrogen and oxygen atoms in total. The van der Waals surface area contributed by atoms with Gasteiger partial charge in [0.2, 0.25) is 5.88 Å². The molecule has 2 amide bonds. The van der Waals surface area contributed by atoms with Gasteiger partial charge >= 0.3 is 6.61 Å². The number of halogens is 2. The standard InChI is InChI=1S/C23H24F2N6O5/c1-12(11-35-23(24)25)15-5-14(21(33)30-18-9-26-13(2)7-28-18)6-17(20(15)32)36-19-10-27-16(8-29-19)22(34)31(3)4/h5-10,12,23,32H,11H2,1-4H3,(H,28,30,33)/t12-/m1/s1. The molecule has 0 unspecified atom stereocenters. The third-order valence-corrected chi connectivity index (χ3v) is 4.86. The number of alkyl halides is 2. The number of aromatic nitrogens is 4. The lowest BCUT2D eigenvalue weighted by atomic mass is 9.97. The topological polar surface area (TPSA) is 140 Å².